The second-order valence-corrected chi connectivity index (χ2v) is 10.2. The first-order chi connectivity index (χ1) is 17.4. The second kappa shape index (κ2) is 10.2. The molecule has 0 unspecified atom stereocenters. The van der Waals surface area contributed by atoms with Crippen molar-refractivity contribution >= 4 is 16.7 Å². The normalized spacial score (nSPS) is 17.9. The van der Waals surface area contributed by atoms with Gasteiger partial charge in [0.15, 0.2) is 0 Å². The number of aryl methyl sites for hydroxylation is 1. The molecule has 3 heteroatoms. The van der Waals surface area contributed by atoms with Gasteiger partial charge in [0, 0.05) is 11.5 Å². The molecule has 0 spiro atoms. The average molecular weight is 479 g/mol. The number of carboxylic acid groups (broad SMARTS) is 1. The molecule has 4 aromatic rings. The van der Waals surface area contributed by atoms with Crippen LogP contribution in [0.1, 0.15) is 82.6 Å². The van der Waals surface area contributed by atoms with Gasteiger partial charge in [-0.1, -0.05) is 79.7 Å². The summed E-state index contributed by atoms with van der Waals surface area (Å²) in [5.41, 5.74) is 5.77. The molecular formula is C33H34O3. The predicted molar refractivity (Wildman–Crippen MR) is 146 cm³/mol. The van der Waals surface area contributed by atoms with Gasteiger partial charge in [-0.05, 0) is 84.5 Å². The number of aromatic carboxylic acids is 1. The number of fused-ring (bicyclic) bond motifs is 2. The first-order valence-corrected chi connectivity index (χ1v) is 13.0. The first kappa shape index (κ1) is 24.1. The van der Waals surface area contributed by atoms with Crippen LogP contribution in [-0.2, 0) is 0 Å². The lowest BCUT2D eigenvalue weighted by molar-refractivity contribution is 0.0695. The van der Waals surface area contributed by atoms with E-state index in [1.54, 1.807) is 0 Å². The summed E-state index contributed by atoms with van der Waals surface area (Å²) in [6, 6.07) is 27.5. The Morgan fingerprint density at radius 1 is 0.944 bits per heavy atom. The van der Waals surface area contributed by atoms with Crippen LogP contribution >= 0.6 is 0 Å². The maximum Gasteiger partial charge on any atom is 0.336 e. The van der Waals surface area contributed by atoms with E-state index in [9.17, 15) is 9.90 Å². The number of hydrogen-bond acceptors (Lipinski definition) is 2. The molecule has 4 aromatic carbocycles. The van der Waals surface area contributed by atoms with Crippen LogP contribution in [0.4, 0.5) is 0 Å². The fraction of sp³-hybridized carbons (Fsp3) is 0.303. The third kappa shape index (κ3) is 4.63. The minimum atomic E-state index is -0.855. The largest absolute Gasteiger partial charge is 0.490 e. The van der Waals surface area contributed by atoms with Crippen LogP contribution in [0.2, 0.25) is 0 Å². The molecule has 0 saturated carbocycles. The Bertz CT molecular complexity index is 1400. The Morgan fingerprint density at radius 2 is 1.69 bits per heavy atom. The van der Waals surface area contributed by atoms with E-state index in [0.29, 0.717) is 11.5 Å². The SMILES string of the molecule is Cc1ccc([C@@H]2C[C@H](CCC[C@H](C)c3cccc4ccccc34)Oc3ccccc32)c(C)c1C(=O)O. The van der Waals surface area contributed by atoms with E-state index in [2.05, 4.69) is 67.6 Å². The molecule has 36 heavy (non-hydrogen) atoms. The zero-order chi connectivity index (χ0) is 25.2. The van der Waals surface area contributed by atoms with Crippen molar-refractivity contribution in [2.45, 2.75) is 64.4 Å². The predicted octanol–water partition coefficient (Wildman–Crippen LogP) is 8.41. The van der Waals surface area contributed by atoms with Gasteiger partial charge in [0.25, 0.3) is 0 Å². The van der Waals surface area contributed by atoms with Gasteiger partial charge in [0.2, 0.25) is 0 Å². The van der Waals surface area contributed by atoms with Gasteiger partial charge in [-0.15, -0.1) is 0 Å². The lowest BCUT2D eigenvalue weighted by Crippen LogP contribution is -2.27. The van der Waals surface area contributed by atoms with Crippen molar-refractivity contribution in [1.29, 1.82) is 0 Å². The van der Waals surface area contributed by atoms with E-state index >= 15 is 0 Å². The highest BCUT2D eigenvalue weighted by Gasteiger charge is 2.31. The lowest BCUT2D eigenvalue weighted by Gasteiger charge is -2.34. The quantitative estimate of drug-likeness (QED) is 0.290. The molecule has 1 heterocycles. The van der Waals surface area contributed by atoms with Crippen LogP contribution in [0.15, 0.2) is 78.9 Å². The molecular weight excluding hydrogens is 444 g/mol. The number of para-hydroxylation sites is 1. The number of rotatable bonds is 7. The molecule has 0 amide bonds. The Kier molecular flexibility index (Phi) is 6.82. The molecule has 0 aliphatic carbocycles. The first-order valence-electron chi connectivity index (χ1n) is 13.0. The van der Waals surface area contributed by atoms with Crippen molar-refractivity contribution < 1.29 is 14.6 Å². The number of benzene rings is 4. The smallest absolute Gasteiger partial charge is 0.336 e. The summed E-state index contributed by atoms with van der Waals surface area (Å²) in [5, 5.41) is 12.5. The lowest BCUT2D eigenvalue weighted by atomic mass is 9.79. The summed E-state index contributed by atoms with van der Waals surface area (Å²) >= 11 is 0. The molecule has 3 nitrogen and oxygen atoms in total. The van der Waals surface area contributed by atoms with Crippen molar-refractivity contribution in [3.05, 3.63) is 112 Å². The van der Waals surface area contributed by atoms with Gasteiger partial charge in [-0.2, -0.15) is 0 Å². The number of carboxylic acids is 1. The molecule has 5 rings (SSSR count). The molecule has 0 aromatic heterocycles. The fourth-order valence-corrected chi connectivity index (χ4v) is 6.02. The van der Waals surface area contributed by atoms with Crippen molar-refractivity contribution in [3.63, 3.8) is 0 Å². The second-order valence-electron chi connectivity index (χ2n) is 10.2. The van der Waals surface area contributed by atoms with Gasteiger partial charge in [-0.25, -0.2) is 4.79 Å². The van der Waals surface area contributed by atoms with E-state index in [0.717, 1.165) is 53.7 Å². The van der Waals surface area contributed by atoms with Crippen LogP contribution in [0.3, 0.4) is 0 Å². The summed E-state index contributed by atoms with van der Waals surface area (Å²) < 4.78 is 6.47. The minimum absolute atomic E-state index is 0.110. The average Bonchev–Trinajstić information content (AvgIpc) is 2.88. The van der Waals surface area contributed by atoms with Crippen molar-refractivity contribution in [3.8, 4) is 5.75 Å². The highest BCUT2D eigenvalue weighted by Crippen LogP contribution is 2.43. The standard InChI is InChI=1S/C33H34O3/c1-21(26-16-9-12-24-11-4-5-14-28(24)26)10-8-13-25-20-30(29-15-6-7-17-31(29)36-25)27-19-18-22(2)32(23(27)3)33(34)35/h4-7,9,11-12,14-19,21,25,30H,8,10,13,20H2,1-3H3,(H,34,35)/t21-,25-,30-/m0/s1. The van der Waals surface area contributed by atoms with Crippen LogP contribution < -0.4 is 4.74 Å². The Balaban J connectivity index is 1.34. The highest BCUT2D eigenvalue weighted by molar-refractivity contribution is 5.91. The summed E-state index contributed by atoms with van der Waals surface area (Å²) in [6.45, 7) is 6.15. The van der Waals surface area contributed by atoms with Gasteiger partial charge < -0.3 is 9.84 Å². The van der Waals surface area contributed by atoms with E-state index in [-0.39, 0.29) is 12.0 Å². The van der Waals surface area contributed by atoms with E-state index < -0.39 is 5.97 Å². The van der Waals surface area contributed by atoms with E-state index in [1.807, 2.05) is 32.0 Å². The minimum Gasteiger partial charge on any atom is -0.490 e. The number of hydrogen-bond donors (Lipinski definition) is 1. The van der Waals surface area contributed by atoms with Crippen LogP contribution in [0.5, 0.6) is 5.75 Å². The molecule has 0 bridgehead atoms. The Morgan fingerprint density at radius 3 is 2.53 bits per heavy atom. The molecule has 1 N–H and O–H groups in total. The van der Waals surface area contributed by atoms with Gasteiger partial charge in [0.1, 0.15) is 5.75 Å². The van der Waals surface area contributed by atoms with E-state index in [1.165, 1.54) is 16.3 Å². The molecule has 1 aliphatic rings. The Labute approximate surface area is 213 Å². The molecule has 0 fully saturated rings. The maximum absolute atomic E-state index is 12.0. The molecule has 0 radical (unpaired) electrons. The summed E-state index contributed by atoms with van der Waals surface area (Å²) in [6.07, 6.45) is 4.14. The number of carbonyl (C=O) groups is 1. The zero-order valence-corrected chi connectivity index (χ0v) is 21.3. The molecule has 3 atom stereocenters. The van der Waals surface area contributed by atoms with Crippen LogP contribution in [-0.4, -0.2) is 17.2 Å². The third-order valence-electron chi connectivity index (χ3n) is 7.91. The van der Waals surface area contributed by atoms with Gasteiger partial charge in [0.05, 0.1) is 11.7 Å². The fourth-order valence-electron chi connectivity index (χ4n) is 6.02. The van der Waals surface area contributed by atoms with Crippen molar-refractivity contribution in [1.82, 2.24) is 0 Å². The summed E-state index contributed by atoms with van der Waals surface area (Å²) in [5.74, 6) is 0.679. The molecule has 0 saturated heterocycles. The summed E-state index contributed by atoms with van der Waals surface area (Å²) in [4.78, 5) is 12.0. The maximum atomic E-state index is 12.0. The number of ether oxygens (including phenoxy) is 1. The monoisotopic (exact) mass is 478 g/mol. The van der Waals surface area contributed by atoms with Crippen LogP contribution in [0.25, 0.3) is 10.8 Å². The summed E-state index contributed by atoms with van der Waals surface area (Å²) in [7, 11) is 0. The van der Waals surface area contributed by atoms with E-state index in [4.69, 9.17) is 4.74 Å². The van der Waals surface area contributed by atoms with Gasteiger partial charge >= 0.3 is 5.97 Å². The highest BCUT2D eigenvalue weighted by atomic mass is 16.5. The molecule has 184 valence electrons. The van der Waals surface area contributed by atoms with Crippen molar-refractivity contribution in [2.75, 3.05) is 0 Å². The van der Waals surface area contributed by atoms with Crippen molar-refractivity contribution in [2.24, 2.45) is 0 Å². The topological polar surface area (TPSA) is 46.5 Å². The Hall–Kier alpha value is -3.59. The van der Waals surface area contributed by atoms with Gasteiger partial charge in [-0.3, -0.25) is 0 Å². The zero-order valence-electron chi connectivity index (χ0n) is 21.3. The molecule has 1 aliphatic heterocycles. The van der Waals surface area contributed by atoms with Crippen LogP contribution in [0, 0.1) is 13.8 Å². The third-order valence-corrected chi connectivity index (χ3v) is 7.91.